The molecule has 8 nitrogen and oxygen atoms in total. The first-order valence-electron chi connectivity index (χ1n) is 7.71. The maximum absolute atomic E-state index is 12.3. The number of nitrogens with zero attached hydrogens (tertiary/aromatic N) is 1. The SMILES string of the molecule is N#C/C(=C/c1ccc(OCC(=O)O)c(I)c1)C(=O)Nc1cccc(C(=O)O)c1. The molecule has 28 heavy (non-hydrogen) atoms. The van der Waals surface area contributed by atoms with Gasteiger partial charge in [0.05, 0.1) is 9.13 Å². The normalized spacial score (nSPS) is 10.6. The summed E-state index contributed by atoms with van der Waals surface area (Å²) in [6, 6.07) is 12.2. The fourth-order valence-electron chi connectivity index (χ4n) is 2.11. The highest BCUT2D eigenvalue weighted by molar-refractivity contribution is 14.1. The van der Waals surface area contributed by atoms with Crippen molar-refractivity contribution in [2.45, 2.75) is 0 Å². The number of carbonyl (C=O) groups excluding carboxylic acids is 1. The van der Waals surface area contributed by atoms with Gasteiger partial charge in [0.25, 0.3) is 5.91 Å². The van der Waals surface area contributed by atoms with Crippen molar-refractivity contribution in [3.8, 4) is 11.8 Å². The summed E-state index contributed by atoms with van der Waals surface area (Å²) in [5, 5.41) is 29.4. The number of benzene rings is 2. The number of amides is 1. The predicted octanol–water partition coefficient (Wildman–Crippen LogP) is 3.00. The van der Waals surface area contributed by atoms with Crippen LogP contribution in [-0.2, 0) is 9.59 Å². The summed E-state index contributed by atoms with van der Waals surface area (Å²) in [5.41, 5.74) is 0.610. The minimum absolute atomic E-state index is 0.00629. The molecule has 0 saturated heterocycles. The van der Waals surface area contributed by atoms with Gasteiger partial charge in [-0.15, -0.1) is 0 Å². The Hall–Kier alpha value is -3.39. The zero-order chi connectivity index (χ0) is 20.7. The Balaban J connectivity index is 2.19. The molecule has 2 aromatic carbocycles. The van der Waals surface area contributed by atoms with Crippen LogP contribution in [-0.4, -0.2) is 34.7 Å². The van der Waals surface area contributed by atoms with Crippen molar-refractivity contribution in [2.75, 3.05) is 11.9 Å². The van der Waals surface area contributed by atoms with Crippen molar-refractivity contribution < 1.29 is 29.3 Å². The number of anilines is 1. The molecular weight excluding hydrogens is 479 g/mol. The molecule has 0 aliphatic rings. The van der Waals surface area contributed by atoms with Gasteiger partial charge in [-0.2, -0.15) is 5.26 Å². The monoisotopic (exact) mass is 492 g/mol. The lowest BCUT2D eigenvalue weighted by Gasteiger charge is -2.07. The van der Waals surface area contributed by atoms with Crippen LogP contribution in [0.2, 0.25) is 0 Å². The number of rotatable bonds is 7. The molecule has 3 N–H and O–H groups in total. The minimum Gasteiger partial charge on any atom is -0.481 e. The van der Waals surface area contributed by atoms with Crippen LogP contribution in [0.1, 0.15) is 15.9 Å². The van der Waals surface area contributed by atoms with Gasteiger partial charge in [-0.25, -0.2) is 9.59 Å². The van der Waals surface area contributed by atoms with Gasteiger partial charge in [0.2, 0.25) is 0 Å². The molecule has 0 aliphatic heterocycles. The molecule has 0 unspecified atom stereocenters. The third-order valence-corrected chi connectivity index (χ3v) is 4.19. The Bertz CT molecular complexity index is 1010. The number of ether oxygens (including phenoxy) is 1. The van der Waals surface area contributed by atoms with Crippen molar-refractivity contribution in [2.24, 2.45) is 0 Å². The van der Waals surface area contributed by atoms with Gasteiger partial charge in [0.15, 0.2) is 6.61 Å². The first-order chi connectivity index (χ1) is 13.3. The van der Waals surface area contributed by atoms with E-state index in [1.807, 2.05) is 22.6 Å². The number of carboxylic acids is 2. The van der Waals surface area contributed by atoms with Crippen molar-refractivity contribution in [3.63, 3.8) is 0 Å². The number of hydrogen-bond donors (Lipinski definition) is 3. The summed E-state index contributed by atoms with van der Waals surface area (Å²) in [6.45, 7) is -0.480. The number of aliphatic carboxylic acids is 1. The Kier molecular flexibility index (Phi) is 7.11. The molecule has 0 spiro atoms. The lowest BCUT2D eigenvalue weighted by Crippen LogP contribution is -2.14. The van der Waals surface area contributed by atoms with E-state index in [0.29, 0.717) is 14.9 Å². The number of aromatic carboxylic acids is 1. The van der Waals surface area contributed by atoms with Crippen LogP contribution >= 0.6 is 22.6 Å². The van der Waals surface area contributed by atoms with E-state index in [1.165, 1.54) is 30.3 Å². The molecule has 0 saturated carbocycles. The van der Waals surface area contributed by atoms with Gasteiger partial charge >= 0.3 is 11.9 Å². The van der Waals surface area contributed by atoms with Crippen molar-refractivity contribution in [3.05, 3.63) is 62.7 Å². The van der Waals surface area contributed by atoms with Crippen LogP contribution in [0.15, 0.2) is 48.0 Å². The van der Waals surface area contributed by atoms with Gasteiger partial charge in [-0.05, 0) is 64.6 Å². The smallest absolute Gasteiger partial charge is 0.341 e. The Labute approximate surface area is 173 Å². The summed E-state index contributed by atoms with van der Waals surface area (Å²) in [6.07, 6.45) is 1.36. The molecule has 0 atom stereocenters. The van der Waals surface area contributed by atoms with Crippen molar-refractivity contribution in [1.29, 1.82) is 5.26 Å². The first kappa shape index (κ1) is 20.9. The second kappa shape index (κ2) is 9.52. The zero-order valence-corrected chi connectivity index (χ0v) is 16.3. The molecule has 0 heterocycles. The average Bonchev–Trinajstić information content (AvgIpc) is 2.65. The van der Waals surface area contributed by atoms with Crippen molar-refractivity contribution in [1.82, 2.24) is 0 Å². The van der Waals surface area contributed by atoms with Crippen LogP contribution in [0.25, 0.3) is 6.08 Å². The summed E-state index contributed by atoms with van der Waals surface area (Å²) in [5.74, 6) is -2.55. The quantitative estimate of drug-likeness (QED) is 0.307. The van der Waals surface area contributed by atoms with E-state index < -0.39 is 24.5 Å². The number of nitrogens with one attached hydrogen (secondary N) is 1. The van der Waals surface area contributed by atoms with Gasteiger partial charge in [0, 0.05) is 5.69 Å². The molecular formula is C19H13IN2O6. The Morgan fingerprint density at radius 2 is 1.93 bits per heavy atom. The van der Waals surface area contributed by atoms with E-state index in [1.54, 1.807) is 24.3 Å². The van der Waals surface area contributed by atoms with Crippen molar-refractivity contribution >= 4 is 52.2 Å². The number of carbonyl (C=O) groups is 3. The van der Waals surface area contributed by atoms with E-state index in [0.717, 1.165) is 0 Å². The molecule has 2 rings (SSSR count). The second-order valence-electron chi connectivity index (χ2n) is 5.38. The molecule has 0 aromatic heterocycles. The number of nitriles is 1. The van der Waals surface area contributed by atoms with Gasteiger partial charge < -0.3 is 20.3 Å². The number of carboxylic acid groups (broad SMARTS) is 2. The lowest BCUT2D eigenvalue weighted by atomic mass is 10.1. The number of halogens is 1. The molecule has 142 valence electrons. The molecule has 0 aliphatic carbocycles. The largest absolute Gasteiger partial charge is 0.481 e. The van der Waals surface area contributed by atoms with Crippen LogP contribution < -0.4 is 10.1 Å². The molecule has 0 radical (unpaired) electrons. The van der Waals surface area contributed by atoms with Crippen LogP contribution in [0.3, 0.4) is 0 Å². The van der Waals surface area contributed by atoms with Crippen LogP contribution in [0.4, 0.5) is 5.69 Å². The Morgan fingerprint density at radius 3 is 2.54 bits per heavy atom. The summed E-state index contributed by atoms with van der Waals surface area (Å²) >= 11 is 1.95. The van der Waals surface area contributed by atoms with E-state index in [2.05, 4.69) is 5.32 Å². The van der Waals surface area contributed by atoms with E-state index in [4.69, 9.17) is 14.9 Å². The predicted molar refractivity (Wildman–Crippen MR) is 108 cm³/mol. The molecule has 0 fully saturated rings. The molecule has 0 bridgehead atoms. The maximum atomic E-state index is 12.3. The first-order valence-corrected chi connectivity index (χ1v) is 8.78. The third-order valence-electron chi connectivity index (χ3n) is 3.35. The summed E-state index contributed by atoms with van der Waals surface area (Å²) in [4.78, 5) is 33.9. The van der Waals surface area contributed by atoms with Gasteiger partial charge in [-0.3, -0.25) is 4.79 Å². The van der Waals surface area contributed by atoms with E-state index >= 15 is 0 Å². The molecule has 9 heteroatoms. The third kappa shape index (κ3) is 5.82. The van der Waals surface area contributed by atoms with Gasteiger partial charge in [0.1, 0.15) is 17.4 Å². The topological polar surface area (TPSA) is 137 Å². The summed E-state index contributed by atoms with van der Waals surface area (Å²) < 4.78 is 5.73. The van der Waals surface area contributed by atoms with Crippen LogP contribution in [0.5, 0.6) is 5.75 Å². The fourth-order valence-corrected chi connectivity index (χ4v) is 2.80. The van der Waals surface area contributed by atoms with Gasteiger partial charge in [-0.1, -0.05) is 12.1 Å². The van der Waals surface area contributed by atoms with E-state index in [9.17, 15) is 19.6 Å². The average molecular weight is 492 g/mol. The standard InChI is InChI=1S/C19H13IN2O6/c20-15-7-11(4-5-16(15)28-10-17(23)24)6-13(9-21)18(25)22-14-3-1-2-12(8-14)19(26)27/h1-8H,10H2,(H,22,25)(H,23,24)(H,26,27)/b13-6-. The highest BCUT2D eigenvalue weighted by Gasteiger charge is 2.12. The fraction of sp³-hybridized carbons (Fsp3) is 0.0526. The molecule has 2 aromatic rings. The lowest BCUT2D eigenvalue weighted by molar-refractivity contribution is -0.139. The molecule has 1 amide bonds. The second-order valence-corrected chi connectivity index (χ2v) is 6.54. The maximum Gasteiger partial charge on any atom is 0.341 e. The highest BCUT2D eigenvalue weighted by Crippen LogP contribution is 2.23. The Morgan fingerprint density at radius 1 is 1.18 bits per heavy atom. The van der Waals surface area contributed by atoms with E-state index in [-0.39, 0.29) is 16.8 Å². The highest BCUT2D eigenvalue weighted by atomic mass is 127. The number of hydrogen-bond acceptors (Lipinski definition) is 5. The summed E-state index contributed by atoms with van der Waals surface area (Å²) in [7, 11) is 0. The van der Waals surface area contributed by atoms with Crippen LogP contribution in [0, 0.1) is 14.9 Å². The minimum atomic E-state index is -1.13. The zero-order valence-electron chi connectivity index (χ0n) is 14.2.